The van der Waals surface area contributed by atoms with Crippen molar-refractivity contribution < 1.29 is 9.47 Å². The van der Waals surface area contributed by atoms with Crippen molar-refractivity contribution in [3.05, 3.63) is 42.7 Å². The molecule has 23 heavy (non-hydrogen) atoms. The Morgan fingerprint density at radius 1 is 1.17 bits per heavy atom. The van der Waals surface area contributed by atoms with Crippen LogP contribution in [0, 0.1) is 0 Å². The summed E-state index contributed by atoms with van der Waals surface area (Å²) in [7, 11) is 1.70. The molecule has 1 fully saturated rings. The Morgan fingerprint density at radius 2 is 2.00 bits per heavy atom. The van der Waals surface area contributed by atoms with Gasteiger partial charge in [0.1, 0.15) is 11.4 Å². The zero-order chi connectivity index (χ0) is 15.6. The van der Waals surface area contributed by atoms with Crippen LogP contribution in [0.5, 0.6) is 5.75 Å². The Hall–Kier alpha value is -2.53. The van der Waals surface area contributed by atoms with Gasteiger partial charge in [-0.3, -0.25) is 0 Å². The van der Waals surface area contributed by atoms with Gasteiger partial charge >= 0.3 is 0 Å². The molecule has 3 heterocycles. The van der Waals surface area contributed by atoms with Crippen LogP contribution in [0.4, 0.5) is 5.69 Å². The summed E-state index contributed by atoms with van der Waals surface area (Å²) in [5, 5.41) is 1.11. The average molecular weight is 309 g/mol. The Labute approximate surface area is 134 Å². The number of aromatic amines is 1. The molecule has 1 saturated heterocycles. The SMILES string of the molecule is COc1ccccc1-c1c[nH]c2ncc(N3CCOCC3)cc12. The summed E-state index contributed by atoms with van der Waals surface area (Å²) >= 11 is 0. The predicted molar refractivity (Wildman–Crippen MR) is 91.1 cm³/mol. The Morgan fingerprint density at radius 3 is 2.83 bits per heavy atom. The zero-order valence-electron chi connectivity index (χ0n) is 13.1. The summed E-state index contributed by atoms with van der Waals surface area (Å²) in [6.45, 7) is 3.35. The van der Waals surface area contributed by atoms with E-state index in [1.54, 1.807) is 7.11 Å². The Balaban J connectivity index is 1.81. The van der Waals surface area contributed by atoms with Crippen molar-refractivity contribution in [3.63, 3.8) is 0 Å². The van der Waals surface area contributed by atoms with Gasteiger partial charge in [0.15, 0.2) is 0 Å². The van der Waals surface area contributed by atoms with E-state index in [1.165, 1.54) is 0 Å². The number of aromatic nitrogens is 2. The fourth-order valence-corrected chi connectivity index (χ4v) is 3.08. The zero-order valence-corrected chi connectivity index (χ0v) is 13.1. The van der Waals surface area contributed by atoms with Gasteiger partial charge in [0.25, 0.3) is 0 Å². The first kappa shape index (κ1) is 14.1. The third kappa shape index (κ3) is 2.53. The van der Waals surface area contributed by atoms with Gasteiger partial charge in [0, 0.05) is 35.8 Å². The van der Waals surface area contributed by atoms with Crippen LogP contribution in [0.3, 0.4) is 0 Å². The monoisotopic (exact) mass is 309 g/mol. The molecule has 0 bridgehead atoms. The number of nitrogens with one attached hydrogen (secondary N) is 1. The van der Waals surface area contributed by atoms with Crippen molar-refractivity contribution in [1.82, 2.24) is 9.97 Å². The number of hydrogen-bond acceptors (Lipinski definition) is 4. The van der Waals surface area contributed by atoms with Gasteiger partial charge in [-0.05, 0) is 12.1 Å². The second-order valence-corrected chi connectivity index (χ2v) is 5.59. The molecule has 5 nitrogen and oxygen atoms in total. The first-order valence-electron chi connectivity index (χ1n) is 7.80. The van der Waals surface area contributed by atoms with Crippen LogP contribution in [0.15, 0.2) is 42.7 Å². The van der Waals surface area contributed by atoms with E-state index in [4.69, 9.17) is 9.47 Å². The van der Waals surface area contributed by atoms with E-state index in [0.29, 0.717) is 0 Å². The van der Waals surface area contributed by atoms with Crippen LogP contribution < -0.4 is 9.64 Å². The number of anilines is 1. The topological polar surface area (TPSA) is 50.4 Å². The van der Waals surface area contributed by atoms with Gasteiger partial charge in [-0.2, -0.15) is 0 Å². The molecule has 5 heteroatoms. The highest BCUT2D eigenvalue weighted by Gasteiger charge is 2.15. The Kier molecular flexibility index (Phi) is 3.63. The molecule has 1 N–H and O–H groups in total. The maximum Gasteiger partial charge on any atom is 0.138 e. The number of morpholine rings is 1. The number of methoxy groups -OCH3 is 1. The molecule has 1 aliphatic rings. The van der Waals surface area contributed by atoms with Gasteiger partial charge in [-0.15, -0.1) is 0 Å². The van der Waals surface area contributed by atoms with Crippen LogP contribution in [0.2, 0.25) is 0 Å². The number of fused-ring (bicyclic) bond motifs is 1. The van der Waals surface area contributed by atoms with Gasteiger partial charge in [-0.25, -0.2) is 4.98 Å². The molecule has 0 unspecified atom stereocenters. The number of hydrogen-bond donors (Lipinski definition) is 1. The quantitative estimate of drug-likeness (QED) is 0.808. The van der Waals surface area contributed by atoms with E-state index < -0.39 is 0 Å². The van der Waals surface area contributed by atoms with E-state index in [9.17, 15) is 0 Å². The van der Waals surface area contributed by atoms with Crippen molar-refractivity contribution in [3.8, 4) is 16.9 Å². The van der Waals surface area contributed by atoms with Gasteiger partial charge in [0.05, 0.1) is 32.2 Å². The first-order valence-corrected chi connectivity index (χ1v) is 7.80. The standard InChI is InChI=1S/C18H19N3O2/c1-22-17-5-3-2-4-14(17)16-12-20-18-15(16)10-13(11-19-18)21-6-8-23-9-7-21/h2-5,10-12H,6-9H2,1H3,(H,19,20). The maximum absolute atomic E-state index is 5.50. The molecule has 0 atom stereocenters. The average Bonchev–Trinajstić information content (AvgIpc) is 3.05. The second-order valence-electron chi connectivity index (χ2n) is 5.59. The first-order chi connectivity index (χ1) is 11.4. The number of ether oxygens (including phenoxy) is 2. The summed E-state index contributed by atoms with van der Waals surface area (Å²) in [6.07, 6.45) is 3.93. The molecule has 0 amide bonds. The third-order valence-electron chi connectivity index (χ3n) is 4.29. The molecule has 4 rings (SSSR count). The van der Waals surface area contributed by atoms with E-state index in [1.807, 2.05) is 30.6 Å². The van der Waals surface area contributed by atoms with Crippen LogP contribution in [0.1, 0.15) is 0 Å². The number of nitrogens with zero attached hydrogens (tertiary/aromatic N) is 2. The van der Waals surface area contributed by atoms with E-state index in [0.717, 1.165) is 59.9 Å². The van der Waals surface area contributed by atoms with Crippen molar-refractivity contribution in [2.45, 2.75) is 0 Å². The van der Waals surface area contributed by atoms with Gasteiger partial charge in [0.2, 0.25) is 0 Å². The molecule has 3 aromatic rings. The highest BCUT2D eigenvalue weighted by atomic mass is 16.5. The smallest absolute Gasteiger partial charge is 0.138 e. The minimum atomic E-state index is 0.768. The second kappa shape index (κ2) is 5.93. The highest BCUT2D eigenvalue weighted by molar-refractivity contribution is 5.96. The van der Waals surface area contributed by atoms with Crippen molar-refractivity contribution >= 4 is 16.7 Å². The molecule has 2 aromatic heterocycles. The summed E-state index contributed by atoms with van der Waals surface area (Å²) in [6, 6.07) is 10.3. The number of pyridine rings is 1. The molecule has 0 aliphatic carbocycles. The lowest BCUT2D eigenvalue weighted by Crippen LogP contribution is -2.36. The van der Waals surface area contributed by atoms with Crippen molar-refractivity contribution in [1.29, 1.82) is 0 Å². The molecular weight excluding hydrogens is 290 g/mol. The molecule has 1 aromatic carbocycles. The minimum absolute atomic E-state index is 0.768. The van der Waals surface area contributed by atoms with E-state index in [2.05, 4.69) is 27.0 Å². The summed E-state index contributed by atoms with van der Waals surface area (Å²) in [5.41, 5.74) is 4.21. The summed E-state index contributed by atoms with van der Waals surface area (Å²) < 4.78 is 10.9. The Bertz CT molecular complexity index is 822. The number of H-pyrrole nitrogens is 1. The van der Waals surface area contributed by atoms with Crippen LogP contribution in [-0.4, -0.2) is 43.4 Å². The lowest BCUT2D eigenvalue weighted by atomic mass is 10.0. The molecular formula is C18H19N3O2. The number of rotatable bonds is 3. The molecule has 1 aliphatic heterocycles. The fourth-order valence-electron chi connectivity index (χ4n) is 3.08. The summed E-state index contributed by atoms with van der Waals surface area (Å²) in [5.74, 6) is 0.866. The fraction of sp³-hybridized carbons (Fsp3) is 0.278. The van der Waals surface area contributed by atoms with Gasteiger partial charge < -0.3 is 19.4 Å². The maximum atomic E-state index is 5.50. The van der Waals surface area contributed by atoms with Crippen molar-refractivity contribution in [2.24, 2.45) is 0 Å². The highest BCUT2D eigenvalue weighted by Crippen LogP contribution is 2.35. The number of benzene rings is 1. The molecule has 0 radical (unpaired) electrons. The van der Waals surface area contributed by atoms with Crippen molar-refractivity contribution in [2.75, 3.05) is 38.3 Å². The van der Waals surface area contributed by atoms with Crippen LogP contribution >= 0.6 is 0 Å². The van der Waals surface area contributed by atoms with E-state index in [-0.39, 0.29) is 0 Å². The molecule has 0 spiro atoms. The lowest BCUT2D eigenvalue weighted by molar-refractivity contribution is 0.122. The van der Waals surface area contributed by atoms with E-state index >= 15 is 0 Å². The third-order valence-corrected chi connectivity index (χ3v) is 4.29. The number of para-hydroxylation sites is 1. The molecule has 0 saturated carbocycles. The predicted octanol–water partition coefficient (Wildman–Crippen LogP) is 3.08. The minimum Gasteiger partial charge on any atom is -0.496 e. The lowest BCUT2D eigenvalue weighted by Gasteiger charge is -2.28. The largest absolute Gasteiger partial charge is 0.496 e. The van der Waals surface area contributed by atoms with Crippen LogP contribution in [0.25, 0.3) is 22.2 Å². The summed E-state index contributed by atoms with van der Waals surface area (Å²) in [4.78, 5) is 10.2. The van der Waals surface area contributed by atoms with Gasteiger partial charge in [-0.1, -0.05) is 18.2 Å². The molecule has 118 valence electrons. The normalized spacial score (nSPS) is 15.1. The van der Waals surface area contributed by atoms with Crippen LogP contribution in [-0.2, 0) is 4.74 Å².